The average molecular weight is 618 g/mol. The van der Waals surface area contributed by atoms with Crippen LogP contribution in [-0.2, 0) is 42.9 Å². The Kier molecular flexibility index (Phi) is 16.0. The van der Waals surface area contributed by atoms with E-state index < -0.39 is 39.9 Å². The highest BCUT2D eigenvalue weighted by Crippen LogP contribution is 2.36. The zero-order valence-electron chi connectivity index (χ0n) is 21.1. The number of carbonyl (C=O) groups is 1. The van der Waals surface area contributed by atoms with Crippen LogP contribution < -0.4 is 5.32 Å². The molecule has 0 aromatic rings. The molecule has 0 aliphatic heterocycles. The van der Waals surface area contributed by atoms with Gasteiger partial charge in [0, 0.05) is 33.9 Å². The summed E-state index contributed by atoms with van der Waals surface area (Å²) in [5.74, 6) is -0.157. The number of likely N-dealkylation sites (N-methyl/N-ethyl adjacent to an activating group) is 1. The fraction of sp³-hybridized carbons (Fsp3) is 0.938. The first-order valence-corrected chi connectivity index (χ1v) is 15.0. The van der Waals surface area contributed by atoms with Gasteiger partial charge in [-0.05, 0) is 13.0 Å². The molecular formula is C16H33F6N3O9S2Si. The lowest BCUT2D eigenvalue weighted by atomic mass is 10.4. The normalized spacial score (nSPS) is 13.6. The SMILES string of the molecule is CO[Si](CCCNCCC(=O)OCC[N+](C)(C)C)(OC)OC.O=S(=O)([N-]S(=O)(=O)C(F)(F)F)C(F)(F)F. The average Bonchev–Trinajstić information content (AvgIpc) is 2.71. The first-order valence-electron chi connectivity index (χ1n) is 10.2. The van der Waals surface area contributed by atoms with Crippen molar-refractivity contribution in [2.24, 2.45) is 0 Å². The number of quaternary nitrogens is 1. The molecule has 224 valence electrons. The molecule has 0 saturated heterocycles. The smallest absolute Gasteiger partial charge is 0.460 e. The minimum Gasteiger partial charge on any atom is -0.460 e. The Bertz CT molecular complexity index is 841. The number of halogens is 6. The Balaban J connectivity index is 0. The van der Waals surface area contributed by atoms with Gasteiger partial charge in [-0.1, -0.05) is 0 Å². The Labute approximate surface area is 213 Å². The highest BCUT2D eigenvalue weighted by atomic mass is 32.3. The van der Waals surface area contributed by atoms with Crippen molar-refractivity contribution in [3.63, 3.8) is 0 Å². The molecule has 0 saturated carbocycles. The van der Waals surface area contributed by atoms with E-state index in [1.165, 1.54) is 0 Å². The molecule has 0 atom stereocenters. The second-order valence-corrected chi connectivity index (χ2v) is 14.6. The second kappa shape index (κ2) is 15.5. The fourth-order valence-electron chi connectivity index (χ4n) is 2.02. The van der Waals surface area contributed by atoms with Crippen molar-refractivity contribution < 1.29 is 70.5 Å². The minimum atomic E-state index is -6.72. The molecule has 0 spiro atoms. The number of carbonyl (C=O) groups excluding carboxylic acids is 1. The van der Waals surface area contributed by atoms with E-state index in [1.807, 2.05) is 0 Å². The molecule has 0 rings (SSSR count). The zero-order valence-corrected chi connectivity index (χ0v) is 23.7. The predicted octanol–water partition coefficient (Wildman–Crippen LogP) is 1.54. The zero-order chi connectivity index (χ0) is 29.8. The predicted molar refractivity (Wildman–Crippen MR) is 121 cm³/mol. The van der Waals surface area contributed by atoms with Crippen molar-refractivity contribution in [2.45, 2.75) is 29.9 Å². The first-order chi connectivity index (χ1) is 16.5. The maximum absolute atomic E-state index is 11.5. The van der Waals surface area contributed by atoms with Crippen molar-refractivity contribution in [3.05, 3.63) is 4.13 Å². The van der Waals surface area contributed by atoms with E-state index in [1.54, 1.807) is 21.3 Å². The molecule has 0 unspecified atom stereocenters. The van der Waals surface area contributed by atoms with Crippen LogP contribution in [-0.4, -0.2) is 116 Å². The van der Waals surface area contributed by atoms with Gasteiger partial charge in [-0.3, -0.25) is 4.79 Å². The molecule has 12 nitrogen and oxygen atoms in total. The number of alkyl halides is 6. The molecule has 0 heterocycles. The maximum atomic E-state index is 11.5. The van der Waals surface area contributed by atoms with Crippen molar-refractivity contribution in [1.82, 2.24) is 5.32 Å². The van der Waals surface area contributed by atoms with Crippen molar-refractivity contribution in [1.29, 1.82) is 0 Å². The van der Waals surface area contributed by atoms with Gasteiger partial charge >= 0.3 is 25.8 Å². The number of nitrogens with zero attached hydrogens (tertiary/aromatic N) is 2. The summed E-state index contributed by atoms with van der Waals surface area (Å²) in [6.07, 6.45) is 1.26. The van der Waals surface area contributed by atoms with Crippen LogP contribution in [0.2, 0.25) is 6.04 Å². The quantitative estimate of drug-likeness (QED) is 0.0943. The van der Waals surface area contributed by atoms with Crippen LogP contribution in [0.3, 0.4) is 0 Å². The van der Waals surface area contributed by atoms with Gasteiger partial charge in [0.15, 0.2) is 20.0 Å². The third kappa shape index (κ3) is 15.8. The summed E-state index contributed by atoms with van der Waals surface area (Å²) >= 11 is 0. The number of hydrogen-bond acceptors (Lipinski definition) is 10. The Hall–Kier alpha value is -1.07. The number of sulfonamides is 2. The molecule has 0 bridgehead atoms. The summed E-state index contributed by atoms with van der Waals surface area (Å²) in [6, 6.07) is 0.747. The second-order valence-electron chi connectivity index (χ2n) is 8.05. The van der Waals surface area contributed by atoms with Gasteiger partial charge in [0.1, 0.15) is 13.2 Å². The molecule has 0 radical (unpaired) electrons. The van der Waals surface area contributed by atoms with Crippen molar-refractivity contribution >= 4 is 34.8 Å². The molecule has 21 heteroatoms. The van der Waals surface area contributed by atoms with Crippen LogP contribution in [0.1, 0.15) is 12.8 Å². The van der Waals surface area contributed by atoms with E-state index in [9.17, 15) is 48.0 Å². The Morgan fingerprint density at radius 2 is 1.30 bits per heavy atom. The molecular weight excluding hydrogens is 584 g/mol. The molecule has 0 aromatic heterocycles. The molecule has 0 fully saturated rings. The van der Waals surface area contributed by atoms with Crippen LogP contribution in [0.4, 0.5) is 26.3 Å². The van der Waals surface area contributed by atoms with Gasteiger partial charge in [-0.25, -0.2) is 16.8 Å². The monoisotopic (exact) mass is 617 g/mol. The maximum Gasteiger partial charge on any atom is 0.500 e. The number of hydrogen-bond donors (Lipinski definition) is 1. The van der Waals surface area contributed by atoms with Crippen LogP contribution in [0.5, 0.6) is 0 Å². The molecule has 0 amide bonds. The summed E-state index contributed by atoms with van der Waals surface area (Å²) in [6.45, 7) is 2.69. The molecule has 37 heavy (non-hydrogen) atoms. The van der Waals surface area contributed by atoms with Gasteiger partial charge in [-0.15, -0.1) is 0 Å². The largest absolute Gasteiger partial charge is 0.500 e. The number of nitrogens with one attached hydrogen (secondary N) is 1. The van der Waals surface area contributed by atoms with Gasteiger partial charge in [0.05, 0.1) is 27.6 Å². The third-order valence-corrected chi connectivity index (χ3v) is 9.65. The topological polar surface area (TPSA) is 148 Å². The van der Waals surface area contributed by atoms with Gasteiger partial charge in [0.2, 0.25) is 0 Å². The molecule has 0 aliphatic carbocycles. The number of ether oxygens (including phenoxy) is 1. The summed E-state index contributed by atoms with van der Waals surface area (Å²) in [7, 11) is -4.88. The highest BCUT2D eigenvalue weighted by molar-refractivity contribution is 8.13. The van der Waals surface area contributed by atoms with Crippen LogP contribution in [0.25, 0.3) is 4.13 Å². The minimum absolute atomic E-state index is 0.157. The summed E-state index contributed by atoms with van der Waals surface area (Å²) in [5, 5.41) is 3.22. The third-order valence-electron chi connectivity index (χ3n) is 4.08. The van der Waals surface area contributed by atoms with E-state index >= 15 is 0 Å². The van der Waals surface area contributed by atoms with Gasteiger partial charge in [-0.2, -0.15) is 26.3 Å². The molecule has 0 aliphatic rings. The number of esters is 1. The highest BCUT2D eigenvalue weighted by Gasteiger charge is 2.47. The van der Waals surface area contributed by atoms with Crippen molar-refractivity contribution in [3.8, 4) is 0 Å². The van der Waals surface area contributed by atoms with Crippen LogP contribution in [0, 0.1) is 0 Å². The molecule has 0 aromatic carbocycles. The summed E-state index contributed by atoms with van der Waals surface area (Å²) in [4.78, 5) is 11.5. The lowest BCUT2D eigenvalue weighted by Gasteiger charge is -2.24. The van der Waals surface area contributed by atoms with Crippen molar-refractivity contribution in [2.75, 3.05) is 68.7 Å². The van der Waals surface area contributed by atoms with E-state index in [0.29, 0.717) is 19.6 Å². The standard InChI is InChI=1S/C14H33N2O5Si.C2F6NO4S2/c1-16(2,3)11-12-21-14(17)8-10-15-9-7-13-22(18-4,19-5)20-6;3-1(4,5)14(10,11)9-15(12,13)2(6,7)8/h15H,7-13H2,1-6H3;/q+1;-1. The van der Waals surface area contributed by atoms with Crippen LogP contribution >= 0.6 is 0 Å². The van der Waals surface area contributed by atoms with E-state index in [0.717, 1.165) is 34.2 Å². The number of rotatable bonds is 15. The van der Waals surface area contributed by atoms with Gasteiger partial charge < -0.3 is 31.9 Å². The Morgan fingerprint density at radius 1 is 0.865 bits per heavy atom. The van der Waals surface area contributed by atoms with Crippen LogP contribution in [0.15, 0.2) is 0 Å². The van der Waals surface area contributed by atoms with E-state index in [-0.39, 0.29) is 5.97 Å². The fourth-order valence-corrected chi connectivity index (χ4v) is 5.45. The first kappa shape index (κ1) is 38.1. The van der Waals surface area contributed by atoms with E-state index in [2.05, 4.69) is 26.5 Å². The Morgan fingerprint density at radius 3 is 1.65 bits per heavy atom. The lowest BCUT2D eigenvalue weighted by Crippen LogP contribution is -2.43. The summed E-state index contributed by atoms with van der Waals surface area (Å²) < 4.78 is 131. The van der Waals surface area contributed by atoms with E-state index in [4.69, 9.17) is 18.0 Å². The summed E-state index contributed by atoms with van der Waals surface area (Å²) in [5.41, 5.74) is -12.4. The van der Waals surface area contributed by atoms with Gasteiger partial charge in [0.25, 0.3) is 0 Å². The molecule has 1 N–H and O–H groups in total. The lowest BCUT2D eigenvalue weighted by molar-refractivity contribution is -0.870.